The fraction of sp³-hybridized carbons (Fsp3) is 0.400. The molecule has 0 atom stereocenters. The van der Waals surface area contributed by atoms with Crippen molar-refractivity contribution in [2.45, 2.75) is 0 Å². The molecule has 0 aromatic heterocycles. The van der Waals surface area contributed by atoms with E-state index < -0.39 is 5.97 Å². The molecule has 0 saturated carbocycles. The second-order valence-corrected chi connectivity index (χ2v) is 3.54. The molecular weight excluding hydrogens is 156 g/mol. The Morgan fingerprint density at radius 2 is 1.78 bits per heavy atom. The third-order valence-corrected chi connectivity index (χ3v) is 1.67. The number of hydrogen-bond donors (Lipinski definition) is 1. The zero-order chi connectivity index (χ0) is 7.70. The van der Waals surface area contributed by atoms with Crippen LogP contribution in [0.2, 0.25) is 0 Å². The van der Waals surface area contributed by atoms with E-state index in [1.54, 1.807) is 21.6 Å². The van der Waals surface area contributed by atoms with E-state index in [0.717, 1.165) is 6.08 Å². The lowest BCUT2D eigenvalue weighted by Crippen LogP contribution is -1.82. The van der Waals surface area contributed by atoms with Gasteiger partial charge in [-0.05, 0) is 12.5 Å². The first-order valence-corrected chi connectivity index (χ1v) is 5.07. The molecule has 0 amide bonds. The van der Waals surface area contributed by atoms with E-state index in [1.165, 1.54) is 0 Å². The molecule has 0 rings (SSSR count). The Morgan fingerprint density at radius 1 is 1.56 bits per heavy atom. The topological polar surface area (TPSA) is 37.3 Å². The normalized spacial score (nSPS) is 6.89. The van der Waals surface area contributed by atoms with Crippen molar-refractivity contribution in [3.05, 3.63) is 12.7 Å². The van der Waals surface area contributed by atoms with Gasteiger partial charge in [-0.1, -0.05) is 28.2 Å². The molecule has 1 N–H and O–H groups in total. The van der Waals surface area contributed by atoms with Crippen molar-refractivity contribution in [1.82, 2.24) is 0 Å². The largest absolute Gasteiger partial charge is 0.478 e. The standard InChI is InChI=1S/C3H4O2.C2H6S2/c1-2-3(4)5;1-3-4-2/h2H,1H2,(H,4,5);1-2H3. The first-order chi connectivity index (χ1) is 4.18. The number of aliphatic carboxylic acids is 1. The van der Waals surface area contributed by atoms with Crippen LogP contribution < -0.4 is 0 Å². The van der Waals surface area contributed by atoms with E-state index in [1.807, 2.05) is 0 Å². The van der Waals surface area contributed by atoms with Gasteiger partial charge in [0, 0.05) is 6.08 Å². The van der Waals surface area contributed by atoms with Crippen LogP contribution in [-0.2, 0) is 4.79 Å². The summed E-state index contributed by atoms with van der Waals surface area (Å²) in [6, 6.07) is 0. The molecule has 0 spiro atoms. The van der Waals surface area contributed by atoms with Gasteiger partial charge in [-0.25, -0.2) is 4.79 Å². The van der Waals surface area contributed by atoms with Crippen LogP contribution in [0.15, 0.2) is 12.7 Å². The summed E-state index contributed by atoms with van der Waals surface area (Å²) in [4.78, 5) is 9.25. The van der Waals surface area contributed by atoms with Crippen LogP contribution >= 0.6 is 21.6 Å². The third-order valence-electron chi connectivity index (χ3n) is 0.341. The average molecular weight is 166 g/mol. The summed E-state index contributed by atoms with van der Waals surface area (Å²) in [5.41, 5.74) is 0. The van der Waals surface area contributed by atoms with Crippen LogP contribution in [0.25, 0.3) is 0 Å². The number of carboxylic acid groups (broad SMARTS) is 1. The molecule has 0 aliphatic carbocycles. The summed E-state index contributed by atoms with van der Waals surface area (Å²) >= 11 is 0. The molecule has 0 radical (unpaired) electrons. The van der Waals surface area contributed by atoms with Crippen LogP contribution in [0.3, 0.4) is 0 Å². The van der Waals surface area contributed by atoms with Gasteiger partial charge in [-0.3, -0.25) is 0 Å². The predicted octanol–water partition coefficient (Wildman–Crippen LogP) is 1.88. The zero-order valence-electron chi connectivity index (χ0n) is 5.46. The molecule has 54 valence electrons. The molecule has 0 aliphatic rings. The molecule has 0 aromatic rings. The summed E-state index contributed by atoms with van der Waals surface area (Å²) in [6.07, 6.45) is 4.95. The van der Waals surface area contributed by atoms with E-state index in [4.69, 9.17) is 5.11 Å². The minimum Gasteiger partial charge on any atom is -0.478 e. The molecule has 9 heavy (non-hydrogen) atoms. The lowest BCUT2D eigenvalue weighted by Gasteiger charge is -1.69. The van der Waals surface area contributed by atoms with E-state index in [9.17, 15) is 4.79 Å². The highest BCUT2D eigenvalue weighted by molar-refractivity contribution is 8.76. The Labute approximate surface area is 63.1 Å². The Kier molecular flexibility index (Phi) is 14.0. The highest BCUT2D eigenvalue weighted by atomic mass is 33.1. The molecule has 0 heterocycles. The molecule has 0 saturated heterocycles. The molecule has 0 bridgehead atoms. The van der Waals surface area contributed by atoms with Crippen LogP contribution in [-0.4, -0.2) is 23.6 Å². The smallest absolute Gasteiger partial charge is 0.327 e. The first kappa shape index (κ1) is 11.7. The van der Waals surface area contributed by atoms with Gasteiger partial charge in [-0.2, -0.15) is 0 Å². The zero-order valence-corrected chi connectivity index (χ0v) is 7.09. The fourth-order valence-corrected chi connectivity index (χ4v) is 0. The van der Waals surface area contributed by atoms with Gasteiger partial charge in [0.25, 0.3) is 0 Å². The Balaban J connectivity index is 0. The van der Waals surface area contributed by atoms with Gasteiger partial charge in [-0.15, -0.1) is 0 Å². The van der Waals surface area contributed by atoms with E-state index in [0.29, 0.717) is 0 Å². The summed E-state index contributed by atoms with van der Waals surface area (Å²) in [6.45, 7) is 2.96. The quantitative estimate of drug-likeness (QED) is 0.502. The third kappa shape index (κ3) is 32.6. The number of hydrogen-bond acceptors (Lipinski definition) is 3. The number of carbonyl (C=O) groups is 1. The minimum atomic E-state index is -0.981. The summed E-state index contributed by atoms with van der Waals surface area (Å²) < 4.78 is 0. The van der Waals surface area contributed by atoms with Gasteiger partial charge in [0.2, 0.25) is 0 Å². The Morgan fingerprint density at radius 3 is 1.78 bits per heavy atom. The predicted molar refractivity (Wildman–Crippen MR) is 44.9 cm³/mol. The van der Waals surface area contributed by atoms with Crippen molar-refractivity contribution in [3.63, 3.8) is 0 Å². The van der Waals surface area contributed by atoms with Crippen molar-refractivity contribution < 1.29 is 9.90 Å². The molecule has 4 heteroatoms. The maximum absolute atomic E-state index is 9.25. The van der Waals surface area contributed by atoms with Crippen molar-refractivity contribution in [2.24, 2.45) is 0 Å². The summed E-state index contributed by atoms with van der Waals surface area (Å²) in [5.74, 6) is -0.981. The molecular formula is C5H10O2S2. The molecule has 2 nitrogen and oxygen atoms in total. The SMILES string of the molecule is C=CC(=O)O.CSSC. The van der Waals surface area contributed by atoms with Crippen LogP contribution in [0.5, 0.6) is 0 Å². The molecule has 0 aliphatic heterocycles. The Hall–Kier alpha value is -0.0900. The van der Waals surface area contributed by atoms with Gasteiger partial charge >= 0.3 is 5.97 Å². The second kappa shape index (κ2) is 10.8. The van der Waals surface area contributed by atoms with E-state index in [-0.39, 0.29) is 0 Å². The van der Waals surface area contributed by atoms with Gasteiger partial charge in [0.1, 0.15) is 0 Å². The van der Waals surface area contributed by atoms with Crippen LogP contribution in [0.1, 0.15) is 0 Å². The average Bonchev–Trinajstić information content (AvgIpc) is 1.89. The lowest BCUT2D eigenvalue weighted by atomic mass is 10.7. The van der Waals surface area contributed by atoms with E-state index in [2.05, 4.69) is 19.1 Å². The van der Waals surface area contributed by atoms with Gasteiger partial charge in [0.15, 0.2) is 0 Å². The first-order valence-electron chi connectivity index (χ1n) is 2.11. The second-order valence-electron chi connectivity index (χ2n) is 0.876. The molecule has 0 aromatic carbocycles. The van der Waals surface area contributed by atoms with Gasteiger partial charge < -0.3 is 5.11 Å². The van der Waals surface area contributed by atoms with Crippen molar-refractivity contribution in [1.29, 1.82) is 0 Å². The van der Waals surface area contributed by atoms with Crippen molar-refractivity contribution in [3.8, 4) is 0 Å². The molecule has 0 fully saturated rings. The van der Waals surface area contributed by atoms with Crippen molar-refractivity contribution in [2.75, 3.05) is 12.5 Å². The highest BCUT2D eigenvalue weighted by Gasteiger charge is 1.73. The summed E-state index contributed by atoms with van der Waals surface area (Å²) in [7, 11) is 3.55. The van der Waals surface area contributed by atoms with Crippen LogP contribution in [0, 0.1) is 0 Å². The summed E-state index contributed by atoms with van der Waals surface area (Å²) in [5, 5.41) is 7.60. The fourth-order valence-electron chi connectivity index (χ4n) is 0. The van der Waals surface area contributed by atoms with Crippen molar-refractivity contribution >= 4 is 27.6 Å². The number of carboxylic acids is 1. The van der Waals surface area contributed by atoms with Crippen LogP contribution in [0.4, 0.5) is 0 Å². The highest BCUT2D eigenvalue weighted by Crippen LogP contribution is 2.09. The Bertz CT molecular complexity index is 81.0. The molecule has 0 unspecified atom stereocenters. The van der Waals surface area contributed by atoms with Gasteiger partial charge in [0.05, 0.1) is 0 Å². The monoisotopic (exact) mass is 166 g/mol. The lowest BCUT2D eigenvalue weighted by molar-refractivity contribution is -0.131. The maximum atomic E-state index is 9.25. The number of rotatable bonds is 2. The minimum absolute atomic E-state index is 0.833. The van der Waals surface area contributed by atoms with E-state index >= 15 is 0 Å². The maximum Gasteiger partial charge on any atom is 0.327 e.